The average molecular weight is 392 g/mol. The average Bonchev–Trinajstić information content (AvgIpc) is 2.60. The molecule has 5 nitrogen and oxygen atoms in total. The van der Waals surface area contributed by atoms with Gasteiger partial charge in [0.05, 0.1) is 13.7 Å². The molecule has 0 bridgehead atoms. The van der Waals surface area contributed by atoms with Crippen molar-refractivity contribution >= 4 is 23.2 Å². The van der Waals surface area contributed by atoms with Gasteiger partial charge in [0.2, 0.25) is 5.95 Å². The minimum absolute atomic E-state index is 0.0687. The van der Waals surface area contributed by atoms with Crippen LogP contribution in [0.4, 0.5) is 20.4 Å². The van der Waals surface area contributed by atoms with E-state index in [9.17, 15) is 13.6 Å². The minimum Gasteiger partial charge on any atom is -0.497 e. The van der Waals surface area contributed by atoms with E-state index in [0.717, 1.165) is 11.6 Å². The molecule has 0 fully saturated rings. The van der Waals surface area contributed by atoms with E-state index in [2.05, 4.69) is 10.3 Å². The summed E-state index contributed by atoms with van der Waals surface area (Å²) in [6.45, 7) is 1.93. The van der Waals surface area contributed by atoms with Crippen molar-refractivity contribution in [2.75, 3.05) is 12.4 Å². The summed E-state index contributed by atoms with van der Waals surface area (Å²) in [4.78, 5) is 15.8. The van der Waals surface area contributed by atoms with Crippen molar-refractivity contribution < 1.29 is 13.5 Å². The Hall–Kier alpha value is -2.93. The van der Waals surface area contributed by atoms with Gasteiger partial charge in [0.25, 0.3) is 5.56 Å². The van der Waals surface area contributed by atoms with Crippen molar-refractivity contribution in [3.8, 4) is 5.75 Å². The zero-order chi connectivity index (χ0) is 19.6. The van der Waals surface area contributed by atoms with Crippen molar-refractivity contribution in [2.45, 2.75) is 13.5 Å². The Morgan fingerprint density at radius 1 is 1.19 bits per heavy atom. The Kier molecular flexibility index (Phi) is 5.41. The quantitative estimate of drug-likeness (QED) is 0.705. The van der Waals surface area contributed by atoms with Gasteiger partial charge in [-0.25, -0.2) is 8.78 Å². The molecule has 0 saturated carbocycles. The number of aromatic nitrogens is 2. The molecule has 3 aromatic rings. The highest BCUT2D eigenvalue weighted by atomic mass is 35.5. The largest absolute Gasteiger partial charge is 0.497 e. The first-order chi connectivity index (χ1) is 12.9. The molecule has 8 heteroatoms. The number of hydrogen-bond acceptors (Lipinski definition) is 4. The molecule has 1 heterocycles. The number of hydrogen-bond donors (Lipinski definition) is 1. The van der Waals surface area contributed by atoms with Crippen molar-refractivity contribution in [1.29, 1.82) is 0 Å². The second kappa shape index (κ2) is 7.75. The van der Waals surface area contributed by atoms with Gasteiger partial charge in [-0.15, -0.1) is 0 Å². The maximum absolute atomic E-state index is 13.5. The molecule has 1 aromatic heterocycles. The van der Waals surface area contributed by atoms with Crippen LogP contribution in [-0.4, -0.2) is 16.7 Å². The Bertz CT molecular complexity index is 1030. The van der Waals surface area contributed by atoms with E-state index >= 15 is 0 Å². The molecule has 140 valence electrons. The Balaban J connectivity index is 1.99. The fourth-order valence-electron chi connectivity index (χ4n) is 2.61. The van der Waals surface area contributed by atoms with Gasteiger partial charge in [0, 0.05) is 18.0 Å². The normalized spacial score (nSPS) is 10.7. The van der Waals surface area contributed by atoms with Crippen molar-refractivity contribution in [1.82, 2.24) is 9.55 Å². The molecule has 0 unspecified atom stereocenters. The van der Waals surface area contributed by atoms with E-state index in [0.29, 0.717) is 17.0 Å². The Labute approximate surface area is 159 Å². The fourth-order valence-corrected chi connectivity index (χ4v) is 2.77. The topological polar surface area (TPSA) is 56.1 Å². The van der Waals surface area contributed by atoms with Crippen LogP contribution in [0.1, 0.15) is 11.1 Å². The summed E-state index contributed by atoms with van der Waals surface area (Å²) in [7, 11) is 1.57. The van der Waals surface area contributed by atoms with E-state index < -0.39 is 17.2 Å². The first kappa shape index (κ1) is 18.8. The number of benzene rings is 2. The number of anilines is 2. The molecular formula is C19H16ClF2N3O2. The second-order valence-corrected chi connectivity index (χ2v) is 6.34. The lowest BCUT2D eigenvalue weighted by Gasteiger charge is -2.16. The molecule has 0 radical (unpaired) electrons. The molecule has 2 aromatic carbocycles. The van der Waals surface area contributed by atoms with Gasteiger partial charge >= 0.3 is 0 Å². The summed E-state index contributed by atoms with van der Waals surface area (Å²) < 4.78 is 33.6. The number of nitrogens with one attached hydrogen (secondary N) is 1. The van der Waals surface area contributed by atoms with E-state index in [1.165, 1.54) is 22.9 Å². The van der Waals surface area contributed by atoms with Crippen molar-refractivity contribution in [3.05, 3.63) is 80.7 Å². The highest BCUT2D eigenvalue weighted by Gasteiger charge is 2.11. The Morgan fingerprint density at radius 3 is 2.52 bits per heavy atom. The molecule has 0 amide bonds. The first-order valence-corrected chi connectivity index (χ1v) is 8.37. The van der Waals surface area contributed by atoms with Crippen LogP contribution in [0.25, 0.3) is 0 Å². The van der Waals surface area contributed by atoms with Gasteiger partial charge in [0.1, 0.15) is 22.4 Å². The lowest BCUT2D eigenvalue weighted by atomic mass is 10.2. The van der Waals surface area contributed by atoms with Crippen LogP contribution in [0.5, 0.6) is 5.75 Å². The lowest BCUT2D eigenvalue weighted by molar-refractivity contribution is 0.414. The van der Waals surface area contributed by atoms with E-state index in [-0.39, 0.29) is 17.5 Å². The predicted molar refractivity (Wildman–Crippen MR) is 100.0 cm³/mol. The van der Waals surface area contributed by atoms with Gasteiger partial charge in [-0.3, -0.25) is 4.79 Å². The molecule has 0 spiro atoms. The zero-order valence-electron chi connectivity index (χ0n) is 14.6. The number of ether oxygens (including phenoxy) is 1. The predicted octanol–water partition coefficient (Wildman–Crippen LogP) is 4.28. The molecule has 0 aliphatic rings. The van der Waals surface area contributed by atoms with Gasteiger partial charge in [0.15, 0.2) is 0 Å². The highest BCUT2D eigenvalue weighted by Crippen LogP contribution is 2.24. The van der Waals surface area contributed by atoms with E-state index in [1.807, 2.05) is 13.0 Å². The van der Waals surface area contributed by atoms with Crippen LogP contribution >= 0.6 is 11.6 Å². The lowest BCUT2D eigenvalue weighted by Crippen LogP contribution is -2.18. The van der Waals surface area contributed by atoms with Crippen LogP contribution in [0.15, 0.2) is 47.4 Å². The van der Waals surface area contributed by atoms with Crippen LogP contribution in [0.3, 0.4) is 0 Å². The summed E-state index contributed by atoms with van der Waals surface area (Å²) >= 11 is 5.90. The fraction of sp³-hybridized carbons (Fsp3) is 0.158. The molecule has 0 aliphatic heterocycles. The number of aryl methyl sites for hydroxylation is 1. The Morgan fingerprint density at radius 2 is 1.89 bits per heavy atom. The van der Waals surface area contributed by atoms with E-state index in [4.69, 9.17) is 16.3 Å². The van der Waals surface area contributed by atoms with Crippen LogP contribution in [0.2, 0.25) is 5.02 Å². The maximum atomic E-state index is 13.5. The summed E-state index contributed by atoms with van der Waals surface area (Å²) in [6.07, 6.45) is 1.38. The summed E-state index contributed by atoms with van der Waals surface area (Å²) in [5, 5.41) is 2.97. The smallest absolute Gasteiger partial charge is 0.293 e. The third-order valence-corrected chi connectivity index (χ3v) is 4.17. The standard InChI is InChI=1S/C19H16ClF2N3O2/c1-11-5-15(27-2)3-4-17(11)23-19-24-18(26)16(20)10-25(19)9-12-6-13(21)8-14(22)7-12/h3-8,10H,9H2,1-2H3,(H,23,24,26). The van der Waals surface area contributed by atoms with Crippen LogP contribution in [0, 0.1) is 18.6 Å². The third-order valence-electron chi connectivity index (χ3n) is 3.91. The first-order valence-electron chi connectivity index (χ1n) is 7.99. The highest BCUT2D eigenvalue weighted by molar-refractivity contribution is 6.30. The summed E-state index contributed by atoms with van der Waals surface area (Å²) in [5.41, 5.74) is 1.32. The summed E-state index contributed by atoms with van der Waals surface area (Å²) in [6, 6.07) is 8.56. The van der Waals surface area contributed by atoms with Gasteiger partial charge in [-0.2, -0.15) is 4.98 Å². The monoisotopic (exact) mass is 391 g/mol. The van der Waals surface area contributed by atoms with Crippen LogP contribution in [-0.2, 0) is 6.54 Å². The second-order valence-electron chi connectivity index (χ2n) is 5.93. The number of methoxy groups -OCH3 is 1. The molecule has 0 atom stereocenters. The molecule has 3 rings (SSSR count). The maximum Gasteiger partial charge on any atom is 0.293 e. The number of halogens is 3. The van der Waals surface area contributed by atoms with Gasteiger partial charge < -0.3 is 14.6 Å². The van der Waals surface area contributed by atoms with Gasteiger partial charge in [-0.05, 0) is 48.4 Å². The van der Waals surface area contributed by atoms with Gasteiger partial charge in [-0.1, -0.05) is 11.6 Å². The number of rotatable bonds is 5. The number of nitrogens with zero attached hydrogens (tertiary/aromatic N) is 2. The van der Waals surface area contributed by atoms with E-state index in [1.54, 1.807) is 19.2 Å². The van der Waals surface area contributed by atoms with Crippen LogP contribution < -0.4 is 15.6 Å². The third kappa shape index (κ3) is 4.43. The zero-order valence-corrected chi connectivity index (χ0v) is 15.3. The van der Waals surface area contributed by atoms with Crippen molar-refractivity contribution in [2.24, 2.45) is 0 Å². The molecule has 1 N–H and O–H groups in total. The molecular weight excluding hydrogens is 376 g/mol. The molecule has 0 saturated heterocycles. The SMILES string of the molecule is COc1ccc(Nc2nc(=O)c(Cl)cn2Cc2cc(F)cc(F)c2)c(C)c1. The van der Waals surface area contributed by atoms with Crippen molar-refractivity contribution in [3.63, 3.8) is 0 Å². The molecule has 0 aliphatic carbocycles. The molecule has 27 heavy (non-hydrogen) atoms. The summed E-state index contributed by atoms with van der Waals surface area (Å²) in [5.74, 6) is -0.492. The minimum atomic E-state index is -0.689.